The van der Waals surface area contributed by atoms with Gasteiger partial charge in [-0.25, -0.2) is 4.68 Å². The van der Waals surface area contributed by atoms with Crippen LogP contribution in [0.4, 0.5) is 0 Å². The Bertz CT molecular complexity index is 1050. The minimum Gasteiger partial charge on any atom is -0.439 e. The number of rotatable bonds is 13. The molecule has 2 aromatic carbocycles. The van der Waals surface area contributed by atoms with Crippen LogP contribution in [0.3, 0.4) is 0 Å². The van der Waals surface area contributed by atoms with E-state index in [-0.39, 0.29) is 0 Å². The van der Waals surface area contributed by atoms with Gasteiger partial charge < -0.3 is 14.6 Å². The molecule has 1 atom stereocenters. The first-order chi connectivity index (χ1) is 16.7. The van der Waals surface area contributed by atoms with Gasteiger partial charge in [-0.3, -0.25) is 4.90 Å². The van der Waals surface area contributed by atoms with E-state index in [0.29, 0.717) is 49.0 Å². The zero-order valence-corrected chi connectivity index (χ0v) is 22.2. The maximum atomic E-state index is 10.7. The predicted octanol–water partition coefficient (Wildman–Crippen LogP) is 6.12. The van der Waals surface area contributed by atoms with E-state index < -0.39 is 6.10 Å². The molecule has 1 heterocycles. The first-order valence-corrected chi connectivity index (χ1v) is 12.7. The number of aryl methyl sites for hydroxylation is 1. The molecule has 0 fully saturated rings. The molecule has 6 nitrogen and oxygen atoms in total. The molecule has 0 spiro atoms. The monoisotopic (exact) mass is 499 g/mol. The molecule has 190 valence electrons. The summed E-state index contributed by atoms with van der Waals surface area (Å²) in [5.74, 6) is 2.25. The fourth-order valence-electron chi connectivity index (χ4n) is 3.94. The highest BCUT2D eigenvalue weighted by Crippen LogP contribution is 2.32. The molecular weight excluding hydrogens is 462 g/mol. The topological polar surface area (TPSA) is 59.8 Å². The smallest absolute Gasteiger partial charge is 0.227 e. The second kappa shape index (κ2) is 13.1. The van der Waals surface area contributed by atoms with E-state index in [0.717, 1.165) is 29.2 Å². The number of hydrogen-bond acceptors (Lipinski definition) is 5. The van der Waals surface area contributed by atoms with E-state index in [1.165, 1.54) is 0 Å². The SMILES string of the molecule is Cc1nn(-c2cccc(Cl)c2)c(Oc2ccccc2)c1CN(CC(C)C)C[C@@H](O)COCC(C)C. The molecule has 0 amide bonds. The van der Waals surface area contributed by atoms with Gasteiger partial charge in [0.15, 0.2) is 0 Å². The summed E-state index contributed by atoms with van der Waals surface area (Å²) in [6.45, 7) is 13.4. The molecule has 1 aromatic heterocycles. The van der Waals surface area contributed by atoms with Crippen molar-refractivity contribution in [1.82, 2.24) is 14.7 Å². The Morgan fingerprint density at radius 3 is 2.37 bits per heavy atom. The van der Waals surface area contributed by atoms with Gasteiger partial charge in [0, 0.05) is 31.3 Å². The molecule has 0 bridgehead atoms. The molecule has 0 unspecified atom stereocenters. The van der Waals surface area contributed by atoms with Crippen molar-refractivity contribution in [3.8, 4) is 17.3 Å². The van der Waals surface area contributed by atoms with Crippen LogP contribution in [0.25, 0.3) is 5.69 Å². The van der Waals surface area contributed by atoms with Gasteiger partial charge in [0.05, 0.1) is 29.7 Å². The number of hydrogen-bond donors (Lipinski definition) is 1. The van der Waals surface area contributed by atoms with Crippen LogP contribution in [-0.2, 0) is 11.3 Å². The fraction of sp³-hybridized carbons (Fsp3) is 0.464. The van der Waals surface area contributed by atoms with E-state index in [2.05, 4.69) is 32.6 Å². The Kier molecular flexibility index (Phi) is 10.2. The van der Waals surface area contributed by atoms with Gasteiger partial charge in [-0.05, 0) is 49.1 Å². The Balaban J connectivity index is 1.91. The number of aliphatic hydroxyl groups is 1. The normalized spacial score (nSPS) is 12.6. The van der Waals surface area contributed by atoms with E-state index in [4.69, 9.17) is 26.2 Å². The number of aromatic nitrogens is 2. The first kappa shape index (κ1) is 27.2. The van der Waals surface area contributed by atoms with Crippen molar-refractivity contribution in [2.45, 2.75) is 47.3 Å². The van der Waals surface area contributed by atoms with Crippen molar-refractivity contribution < 1.29 is 14.6 Å². The Hall–Kier alpha value is -2.38. The Labute approximate surface area is 214 Å². The lowest BCUT2D eigenvalue weighted by Gasteiger charge is -2.27. The highest BCUT2D eigenvalue weighted by Gasteiger charge is 2.23. The number of aliphatic hydroxyl groups excluding tert-OH is 1. The lowest BCUT2D eigenvalue weighted by atomic mass is 10.1. The third-order valence-corrected chi connectivity index (χ3v) is 5.62. The Morgan fingerprint density at radius 2 is 1.71 bits per heavy atom. The largest absolute Gasteiger partial charge is 0.439 e. The van der Waals surface area contributed by atoms with Crippen molar-refractivity contribution in [2.24, 2.45) is 11.8 Å². The number of halogens is 1. The van der Waals surface area contributed by atoms with Gasteiger partial charge in [0.25, 0.3) is 0 Å². The van der Waals surface area contributed by atoms with Gasteiger partial charge >= 0.3 is 0 Å². The van der Waals surface area contributed by atoms with Gasteiger partial charge in [-0.15, -0.1) is 0 Å². The number of ether oxygens (including phenoxy) is 2. The van der Waals surface area contributed by atoms with E-state index in [1.54, 1.807) is 4.68 Å². The molecule has 3 aromatic rings. The lowest BCUT2D eigenvalue weighted by molar-refractivity contribution is 0.00511. The molecule has 0 aliphatic rings. The van der Waals surface area contributed by atoms with Crippen molar-refractivity contribution in [2.75, 3.05) is 26.3 Å². The second-order valence-corrected chi connectivity index (χ2v) is 10.3. The van der Waals surface area contributed by atoms with E-state index >= 15 is 0 Å². The maximum absolute atomic E-state index is 10.7. The van der Waals surface area contributed by atoms with Crippen molar-refractivity contribution in [3.63, 3.8) is 0 Å². The quantitative estimate of drug-likeness (QED) is 0.307. The van der Waals surface area contributed by atoms with Crippen LogP contribution >= 0.6 is 11.6 Å². The van der Waals surface area contributed by atoms with Gasteiger partial charge in [0.1, 0.15) is 5.75 Å². The summed E-state index contributed by atoms with van der Waals surface area (Å²) >= 11 is 6.28. The minimum atomic E-state index is -0.575. The molecule has 0 aliphatic carbocycles. The highest BCUT2D eigenvalue weighted by atomic mass is 35.5. The molecule has 35 heavy (non-hydrogen) atoms. The third kappa shape index (κ3) is 8.36. The Morgan fingerprint density at radius 1 is 0.971 bits per heavy atom. The molecule has 0 radical (unpaired) electrons. The summed E-state index contributed by atoms with van der Waals surface area (Å²) in [6.07, 6.45) is -0.575. The zero-order valence-electron chi connectivity index (χ0n) is 21.4. The molecule has 1 N–H and O–H groups in total. The fourth-order valence-corrected chi connectivity index (χ4v) is 4.13. The van der Waals surface area contributed by atoms with Crippen LogP contribution in [0.2, 0.25) is 5.02 Å². The molecular formula is C28H38ClN3O3. The summed E-state index contributed by atoms with van der Waals surface area (Å²) in [4.78, 5) is 2.25. The maximum Gasteiger partial charge on any atom is 0.227 e. The van der Waals surface area contributed by atoms with Crippen LogP contribution in [-0.4, -0.2) is 52.2 Å². The molecule has 3 rings (SSSR count). The average molecular weight is 500 g/mol. The summed E-state index contributed by atoms with van der Waals surface area (Å²) < 4.78 is 13.9. The van der Waals surface area contributed by atoms with Gasteiger partial charge in [-0.1, -0.05) is 63.6 Å². The number of para-hydroxylation sites is 1. The van der Waals surface area contributed by atoms with Crippen LogP contribution in [0, 0.1) is 18.8 Å². The van der Waals surface area contributed by atoms with Crippen LogP contribution < -0.4 is 4.74 Å². The van der Waals surface area contributed by atoms with Crippen LogP contribution in [0.15, 0.2) is 54.6 Å². The van der Waals surface area contributed by atoms with E-state index in [1.807, 2.05) is 61.5 Å². The zero-order chi connectivity index (χ0) is 25.4. The van der Waals surface area contributed by atoms with Gasteiger partial charge in [-0.2, -0.15) is 5.10 Å². The molecule has 0 saturated heterocycles. The second-order valence-electron chi connectivity index (χ2n) is 9.85. The van der Waals surface area contributed by atoms with Gasteiger partial charge in [0.2, 0.25) is 5.88 Å². The average Bonchev–Trinajstić information content (AvgIpc) is 3.09. The molecule has 0 aliphatic heterocycles. The highest BCUT2D eigenvalue weighted by molar-refractivity contribution is 6.30. The first-order valence-electron chi connectivity index (χ1n) is 12.3. The van der Waals surface area contributed by atoms with Crippen molar-refractivity contribution >= 4 is 11.6 Å². The van der Waals surface area contributed by atoms with Crippen molar-refractivity contribution in [3.05, 3.63) is 70.9 Å². The summed E-state index contributed by atoms with van der Waals surface area (Å²) in [5.41, 5.74) is 2.68. The summed E-state index contributed by atoms with van der Waals surface area (Å²) in [5, 5.41) is 16.1. The number of benzene rings is 2. The van der Waals surface area contributed by atoms with Crippen LogP contribution in [0.5, 0.6) is 11.6 Å². The molecule has 7 heteroatoms. The predicted molar refractivity (Wildman–Crippen MR) is 142 cm³/mol. The standard InChI is InChI=1S/C28H38ClN3O3/c1-20(2)15-31(16-25(33)19-34-18-21(3)4)17-27-22(5)30-32(24-11-9-10-23(29)14-24)28(27)35-26-12-7-6-8-13-26/h6-14,20-21,25,33H,15-19H2,1-5H3/t25-/m1/s1. The summed E-state index contributed by atoms with van der Waals surface area (Å²) in [7, 11) is 0. The number of nitrogens with zero attached hydrogens (tertiary/aromatic N) is 3. The summed E-state index contributed by atoms with van der Waals surface area (Å²) in [6, 6.07) is 17.3. The minimum absolute atomic E-state index is 0.320. The lowest BCUT2D eigenvalue weighted by Crippen LogP contribution is -2.37. The van der Waals surface area contributed by atoms with E-state index in [9.17, 15) is 5.11 Å². The van der Waals surface area contributed by atoms with Crippen LogP contribution in [0.1, 0.15) is 39.0 Å². The van der Waals surface area contributed by atoms with Crippen molar-refractivity contribution in [1.29, 1.82) is 0 Å². The molecule has 0 saturated carbocycles. The third-order valence-electron chi connectivity index (χ3n) is 5.38.